The number of nitrogens with one attached hydrogen (secondary N) is 1. The summed E-state index contributed by atoms with van der Waals surface area (Å²) >= 11 is 0. The van der Waals surface area contributed by atoms with Gasteiger partial charge in [-0.05, 0) is 61.1 Å². The number of benzene rings is 1. The van der Waals surface area contributed by atoms with Gasteiger partial charge in [0, 0.05) is 17.6 Å². The summed E-state index contributed by atoms with van der Waals surface area (Å²) in [6.45, 7) is 3.96. The monoisotopic (exact) mass is 310 g/mol. The van der Waals surface area contributed by atoms with Crippen LogP contribution in [-0.4, -0.2) is 11.9 Å². The van der Waals surface area contributed by atoms with E-state index in [-0.39, 0.29) is 23.2 Å². The molecule has 0 heterocycles. The fourth-order valence-corrected chi connectivity index (χ4v) is 4.78. The Morgan fingerprint density at radius 3 is 2.39 bits per heavy atom. The molecule has 4 rings (SSSR count). The van der Waals surface area contributed by atoms with Gasteiger partial charge >= 0.3 is 0 Å². The summed E-state index contributed by atoms with van der Waals surface area (Å²) in [7, 11) is 0. The van der Waals surface area contributed by atoms with E-state index in [0.717, 1.165) is 29.7 Å². The van der Waals surface area contributed by atoms with Gasteiger partial charge in [-0.2, -0.15) is 0 Å². The maximum absolute atomic E-state index is 12.9. The van der Waals surface area contributed by atoms with Crippen molar-refractivity contribution in [3.8, 4) is 0 Å². The molecule has 1 N–H and O–H groups in total. The van der Waals surface area contributed by atoms with Crippen molar-refractivity contribution < 1.29 is 14.7 Å². The number of carboxylic acid groups (broad SMARTS) is 1. The molecule has 23 heavy (non-hydrogen) atoms. The average molecular weight is 310 g/mol. The summed E-state index contributed by atoms with van der Waals surface area (Å²) in [5.41, 5.74) is 2.91. The molecule has 0 unspecified atom stereocenters. The van der Waals surface area contributed by atoms with Gasteiger partial charge in [0.2, 0.25) is 5.91 Å². The number of hydrogen-bond acceptors (Lipinski definition) is 3. The van der Waals surface area contributed by atoms with Crippen LogP contribution in [0.5, 0.6) is 0 Å². The van der Waals surface area contributed by atoms with Gasteiger partial charge in [0.25, 0.3) is 0 Å². The number of carboxylic acids is 1. The second kappa shape index (κ2) is 4.70. The number of carbonyl (C=O) groups excluding carboxylic acids is 2. The van der Waals surface area contributed by atoms with Crippen molar-refractivity contribution >= 4 is 17.6 Å². The van der Waals surface area contributed by atoms with Crippen LogP contribution in [0.2, 0.25) is 0 Å². The molecule has 2 fully saturated rings. The van der Waals surface area contributed by atoms with Crippen LogP contribution < -0.4 is 10.4 Å². The number of aliphatic carboxylic acids is 1. The van der Waals surface area contributed by atoms with Gasteiger partial charge in [-0.15, -0.1) is 0 Å². The van der Waals surface area contributed by atoms with Crippen molar-refractivity contribution in [1.29, 1.82) is 0 Å². The van der Waals surface area contributed by atoms with Crippen LogP contribution in [0.25, 0.3) is 0 Å². The highest BCUT2D eigenvalue weighted by atomic mass is 16.4. The summed E-state index contributed by atoms with van der Waals surface area (Å²) < 4.78 is 0. The number of carbonyl (C=O) groups is 2. The van der Waals surface area contributed by atoms with E-state index in [1.165, 1.54) is 0 Å². The first-order valence-corrected chi connectivity index (χ1v) is 8.22. The number of allylic oxidation sites excluding steroid dienone is 2. The predicted molar refractivity (Wildman–Crippen MR) is 84.3 cm³/mol. The smallest absolute Gasteiger partial charge is 0.228 e. The van der Waals surface area contributed by atoms with Gasteiger partial charge in [-0.1, -0.05) is 24.3 Å². The van der Waals surface area contributed by atoms with Gasteiger partial charge in [0.05, 0.1) is 5.92 Å². The number of aryl methyl sites for hydroxylation is 1. The highest BCUT2D eigenvalue weighted by Gasteiger charge is 2.68. The first-order chi connectivity index (χ1) is 11.0. The largest absolute Gasteiger partial charge is 0.550 e. The van der Waals surface area contributed by atoms with Crippen LogP contribution in [0.4, 0.5) is 5.69 Å². The third-order valence-electron chi connectivity index (χ3n) is 6.28. The zero-order valence-corrected chi connectivity index (χ0v) is 13.3. The molecule has 3 aliphatic rings. The zero-order valence-electron chi connectivity index (χ0n) is 13.3. The molecule has 2 bridgehead atoms. The fraction of sp³-hybridized carbons (Fsp3) is 0.474. The molecule has 0 radical (unpaired) electrons. The third kappa shape index (κ3) is 1.90. The Labute approximate surface area is 135 Å². The van der Waals surface area contributed by atoms with E-state index in [4.69, 9.17) is 0 Å². The summed E-state index contributed by atoms with van der Waals surface area (Å²) in [5.74, 6) is -2.48. The molecule has 0 saturated heterocycles. The Morgan fingerprint density at radius 2 is 1.78 bits per heavy atom. The van der Waals surface area contributed by atoms with E-state index < -0.39 is 17.8 Å². The quantitative estimate of drug-likeness (QED) is 0.866. The van der Waals surface area contributed by atoms with Crippen LogP contribution in [0.15, 0.2) is 30.4 Å². The number of anilines is 1. The fourth-order valence-electron chi connectivity index (χ4n) is 4.78. The molecule has 0 aromatic heterocycles. The van der Waals surface area contributed by atoms with E-state index in [2.05, 4.69) is 11.4 Å². The second-order valence-corrected chi connectivity index (χ2v) is 7.28. The van der Waals surface area contributed by atoms with Crippen molar-refractivity contribution in [2.24, 2.45) is 29.1 Å². The van der Waals surface area contributed by atoms with Crippen LogP contribution >= 0.6 is 0 Å². The highest BCUT2D eigenvalue weighted by molar-refractivity contribution is 5.97. The lowest BCUT2D eigenvalue weighted by molar-refractivity contribution is -0.313. The second-order valence-electron chi connectivity index (χ2n) is 7.28. The molecule has 1 spiro atoms. The minimum absolute atomic E-state index is 0.0222. The molecule has 2 saturated carbocycles. The number of rotatable bonds is 3. The minimum Gasteiger partial charge on any atom is -0.550 e. The van der Waals surface area contributed by atoms with Crippen molar-refractivity contribution in [3.63, 3.8) is 0 Å². The van der Waals surface area contributed by atoms with E-state index in [0.29, 0.717) is 0 Å². The van der Waals surface area contributed by atoms with Gasteiger partial charge in [0.1, 0.15) is 0 Å². The SMILES string of the molecule is Cc1cccc(NC(=O)[C@@H]2[C@@H](C(=O)[O-])[C@@H]3C=C[C@H]2C32CC2)c1C. The molecule has 1 aromatic rings. The van der Waals surface area contributed by atoms with Crippen molar-refractivity contribution in [1.82, 2.24) is 0 Å². The standard InChI is InChI=1S/C19H21NO3/c1-10-4-3-5-14(11(10)2)20-17(21)15-12-6-7-13(16(15)18(22)23)19(12)8-9-19/h3-7,12-13,15-16H,8-9H2,1-2H3,(H,20,21)(H,22,23)/p-1/t12-,13+,15+,16+/m1/s1. The molecule has 0 aliphatic heterocycles. The Balaban J connectivity index is 1.64. The van der Waals surface area contributed by atoms with Gasteiger partial charge < -0.3 is 15.2 Å². The zero-order chi connectivity index (χ0) is 16.4. The van der Waals surface area contributed by atoms with Crippen LogP contribution in [0, 0.1) is 42.9 Å². The average Bonchev–Trinajstić information content (AvgIpc) is 3.17. The highest BCUT2D eigenvalue weighted by Crippen LogP contribution is 2.71. The van der Waals surface area contributed by atoms with Crippen molar-refractivity contribution in [3.05, 3.63) is 41.5 Å². The van der Waals surface area contributed by atoms with Gasteiger partial charge in [0.15, 0.2) is 0 Å². The molecule has 1 aromatic carbocycles. The van der Waals surface area contributed by atoms with Gasteiger partial charge in [-0.3, -0.25) is 4.79 Å². The summed E-state index contributed by atoms with van der Waals surface area (Å²) in [5, 5.41) is 14.6. The summed E-state index contributed by atoms with van der Waals surface area (Å²) in [6, 6.07) is 5.76. The third-order valence-corrected chi connectivity index (χ3v) is 6.28. The Hall–Kier alpha value is -2.10. The predicted octanol–water partition coefficient (Wildman–Crippen LogP) is 1.82. The lowest BCUT2D eigenvalue weighted by Crippen LogP contribution is -2.43. The van der Waals surface area contributed by atoms with Crippen LogP contribution in [-0.2, 0) is 9.59 Å². The minimum atomic E-state index is -1.09. The summed E-state index contributed by atoms with van der Waals surface area (Å²) in [6.07, 6.45) is 6.10. The van der Waals surface area contributed by atoms with Crippen molar-refractivity contribution in [2.75, 3.05) is 5.32 Å². The molecular formula is C19H20NO3-. The first-order valence-electron chi connectivity index (χ1n) is 8.22. The maximum Gasteiger partial charge on any atom is 0.228 e. The lowest BCUT2D eigenvalue weighted by Gasteiger charge is -2.28. The number of hydrogen-bond donors (Lipinski definition) is 1. The molecule has 120 valence electrons. The topological polar surface area (TPSA) is 69.2 Å². The van der Waals surface area contributed by atoms with Crippen molar-refractivity contribution in [2.45, 2.75) is 26.7 Å². The van der Waals surface area contributed by atoms with Crippen LogP contribution in [0.3, 0.4) is 0 Å². The molecule has 4 atom stereocenters. The molecule has 4 heteroatoms. The Morgan fingerprint density at radius 1 is 1.13 bits per heavy atom. The molecular weight excluding hydrogens is 290 g/mol. The van der Waals surface area contributed by atoms with E-state index in [9.17, 15) is 14.7 Å². The van der Waals surface area contributed by atoms with E-state index in [1.807, 2.05) is 38.1 Å². The number of amides is 1. The maximum atomic E-state index is 12.9. The van der Waals surface area contributed by atoms with E-state index in [1.54, 1.807) is 0 Å². The normalized spacial score (nSPS) is 32.3. The first kappa shape index (κ1) is 14.5. The molecule has 1 amide bonds. The Bertz CT molecular complexity index is 732. The van der Waals surface area contributed by atoms with Gasteiger partial charge in [-0.25, -0.2) is 0 Å². The summed E-state index contributed by atoms with van der Waals surface area (Å²) in [4.78, 5) is 24.5. The lowest BCUT2D eigenvalue weighted by atomic mass is 9.82. The molecule has 3 aliphatic carbocycles. The molecule has 4 nitrogen and oxygen atoms in total. The van der Waals surface area contributed by atoms with Crippen LogP contribution in [0.1, 0.15) is 24.0 Å². The Kier molecular flexibility index (Phi) is 2.96. The van der Waals surface area contributed by atoms with E-state index >= 15 is 0 Å².